The molecule has 182 valence electrons. The Morgan fingerprint density at radius 1 is 1.12 bits per heavy atom. The fraction of sp³-hybridized carbons (Fsp3) is 0.520. The number of aromatic nitrogens is 3. The molecule has 3 heterocycles. The molecule has 0 radical (unpaired) electrons. The van der Waals surface area contributed by atoms with E-state index in [9.17, 15) is 13.2 Å². The molecule has 0 bridgehead atoms. The Bertz CT molecular complexity index is 1340. The van der Waals surface area contributed by atoms with Crippen molar-refractivity contribution < 1.29 is 17.9 Å². The molecule has 2 aliphatic rings. The lowest BCUT2D eigenvalue weighted by atomic mass is 10.2. The van der Waals surface area contributed by atoms with Gasteiger partial charge in [0, 0.05) is 37.1 Å². The average molecular weight is 485 g/mol. The summed E-state index contributed by atoms with van der Waals surface area (Å²) >= 11 is 0. The van der Waals surface area contributed by atoms with Crippen LogP contribution in [0.5, 0.6) is 0 Å². The van der Waals surface area contributed by atoms with Gasteiger partial charge in [0.25, 0.3) is 0 Å². The van der Waals surface area contributed by atoms with Crippen LogP contribution >= 0.6 is 0 Å². The average Bonchev–Trinajstić information content (AvgIpc) is 3.53. The monoisotopic (exact) mass is 484 g/mol. The highest BCUT2D eigenvalue weighted by Crippen LogP contribution is 2.38. The molecule has 1 aromatic carbocycles. The van der Waals surface area contributed by atoms with Gasteiger partial charge in [-0.1, -0.05) is 6.42 Å². The first-order valence-electron chi connectivity index (χ1n) is 12.2. The first-order valence-corrected chi connectivity index (χ1v) is 13.6. The highest BCUT2D eigenvalue weighted by molar-refractivity contribution is 7.89. The summed E-state index contributed by atoms with van der Waals surface area (Å²) < 4.78 is 37.6. The third kappa shape index (κ3) is 4.05. The first-order chi connectivity index (χ1) is 16.3. The van der Waals surface area contributed by atoms with E-state index in [0.717, 1.165) is 49.0 Å². The summed E-state index contributed by atoms with van der Waals surface area (Å²) in [5, 5.41) is 0. The molecule has 0 atom stereocenters. The Morgan fingerprint density at radius 3 is 2.53 bits per heavy atom. The van der Waals surface area contributed by atoms with Gasteiger partial charge in [-0.05, 0) is 70.7 Å². The van der Waals surface area contributed by atoms with Crippen molar-refractivity contribution in [1.29, 1.82) is 0 Å². The molecular weight excluding hydrogens is 452 g/mol. The molecule has 8 nitrogen and oxygen atoms in total. The van der Waals surface area contributed by atoms with E-state index in [1.807, 2.05) is 31.4 Å². The van der Waals surface area contributed by atoms with Gasteiger partial charge in [0.05, 0.1) is 21.5 Å². The van der Waals surface area contributed by atoms with Crippen LogP contribution < -0.4 is 0 Å². The lowest BCUT2D eigenvalue weighted by molar-refractivity contribution is 0.0457. The van der Waals surface area contributed by atoms with Crippen LogP contribution in [-0.4, -0.2) is 45.9 Å². The highest BCUT2D eigenvalue weighted by atomic mass is 32.2. The number of nitrogens with zero attached hydrogens (tertiary/aromatic N) is 4. The molecule has 0 unspecified atom stereocenters. The molecular formula is C25H32N4O4S. The van der Waals surface area contributed by atoms with Crippen LogP contribution in [0.4, 0.5) is 0 Å². The SMILES string of the molecule is CCn1c(COC(=O)c2cc(C)n(C3CC3)c2C)nc2cc(S(=O)(=O)N3CCCCC3)ccc21. The quantitative estimate of drug-likeness (QED) is 0.466. The van der Waals surface area contributed by atoms with Crippen molar-refractivity contribution in [2.24, 2.45) is 0 Å². The van der Waals surface area contributed by atoms with Crippen LogP contribution in [0.2, 0.25) is 0 Å². The van der Waals surface area contributed by atoms with Crippen LogP contribution in [0, 0.1) is 13.8 Å². The third-order valence-corrected chi connectivity index (χ3v) is 8.91. The minimum atomic E-state index is -3.54. The molecule has 1 aliphatic heterocycles. The van der Waals surface area contributed by atoms with Crippen LogP contribution in [0.15, 0.2) is 29.2 Å². The summed E-state index contributed by atoms with van der Waals surface area (Å²) in [4.78, 5) is 17.8. The lowest BCUT2D eigenvalue weighted by Gasteiger charge is -2.25. The summed E-state index contributed by atoms with van der Waals surface area (Å²) in [5.41, 5.74) is 4.05. The predicted octanol–water partition coefficient (Wildman–Crippen LogP) is 4.34. The summed E-state index contributed by atoms with van der Waals surface area (Å²) in [5.74, 6) is 0.248. The summed E-state index contributed by atoms with van der Waals surface area (Å²) in [6.07, 6.45) is 5.16. The van der Waals surface area contributed by atoms with Gasteiger partial charge in [-0.3, -0.25) is 0 Å². The van der Waals surface area contributed by atoms with Crippen molar-refractivity contribution >= 4 is 27.0 Å². The fourth-order valence-corrected chi connectivity index (χ4v) is 6.66. The second-order valence-corrected chi connectivity index (χ2v) is 11.3. The molecule has 34 heavy (non-hydrogen) atoms. The number of ether oxygens (including phenoxy) is 1. The molecule has 1 saturated carbocycles. The zero-order valence-corrected chi connectivity index (χ0v) is 20.9. The maximum Gasteiger partial charge on any atom is 0.340 e. The molecule has 2 aromatic heterocycles. The topological polar surface area (TPSA) is 86.4 Å². The number of hydrogen-bond acceptors (Lipinski definition) is 5. The van der Waals surface area contributed by atoms with Gasteiger partial charge in [-0.25, -0.2) is 18.2 Å². The molecule has 5 rings (SSSR count). The molecule has 2 fully saturated rings. The number of benzene rings is 1. The Morgan fingerprint density at radius 2 is 1.85 bits per heavy atom. The van der Waals surface area contributed by atoms with Crippen molar-refractivity contribution in [2.75, 3.05) is 13.1 Å². The number of carbonyl (C=O) groups is 1. The van der Waals surface area contributed by atoms with Gasteiger partial charge >= 0.3 is 5.97 Å². The number of piperidine rings is 1. The van der Waals surface area contributed by atoms with Gasteiger partial charge in [0.1, 0.15) is 12.4 Å². The Hall–Kier alpha value is -2.65. The largest absolute Gasteiger partial charge is 0.454 e. The van der Waals surface area contributed by atoms with E-state index < -0.39 is 10.0 Å². The summed E-state index contributed by atoms with van der Waals surface area (Å²) in [6, 6.07) is 7.50. The minimum absolute atomic E-state index is 0.0304. The normalized spacial score (nSPS) is 17.4. The Kier molecular flexibility index (Phi) is 6.02. The Labute approximate surface area is 200 Å². The Balaban J connectivity index is 1.38. The van der Waals surface area contributed by atoms with Gasteiger partial charge in [-0.15, -0.1) is 0 Å². The van der Waals surface area contributed by atoms with Crippen LogP contribution in [-0.2, 0) is 27.9 Å². The van der Waals surface area contributed by atoms with Crippen molar-refractivity contribution in [2.45, 2.75) is 77.0 Å². The molecule has 1 aliphatic carbocycles. The van der Waals surface area contributed by atoms with E-state index in [1.165, 1.54) is 0 Å². The number of carbonyl (C=O) groups excluding carboxylic acids is 1. The van der Waals surface area contributed by atoms with Gasteiger partial charge in [-0.2, -0.15) is 4.31 Å². The number of aryl methyl sites for hydroxylation is 2. The number of imidazole rings is 1. The molecule has 0 spiro atoms. The molecule has 0 amide bonds. The van der Waals surface area contributed by atoms with Crippen LogP contribution in [0.3, 0.4) is 0 Å². The van der Waals surface area contributed by atoms with E-state index in [4.69, 9.17) is 4.74 Å². The number of rotatable bonds is 7. The molecule has 1 saturated heterocycles. The molecule has 9 heteroatoms. The van der Waals surface area contributed by atoms with Crippen LogP contribution in [0.1, 0.15) is 72.6 Å². The van der Waals surface area contributed by atoms with Crippen LogP contribution in [0.25, 0.3) is 11.0 Å². The second-order valence-electron chi connectivity index (χ2n) is 9.35. The van der Waals surface area contributed by atoms with E-state index >= 15 is 0 Å². The molecule has 3 aromatic rings. The highest BCUT2D eigenvalue weighted by Gasteiger charge is 2.29. The maximum absolute atomic E-state index is 13.1. The van der Waals surface area contributed by atoms with Crippen molar-refractivity contribution in [3.05, 3.63) is 47.0 Å². The van der Waals surface area contributed by atoms with Gasteiger partial charge < -0.3 is 13.9 Å². The van der Waals surface area contributed by atoms with Gasteiger partial charge in [0.2, 0.25) is 10.0 Å². The molecule has 0 N–H and O–H groups in total. The van der Waals surface area contributed by atoms with Gasteiger partial charge in [0.15, 0.2) is 0 Å². The fourth-order valence-electron chi connectivity index (χ4n) is 5.12. The lowest BCUT2D eigenvalue weighted by Crippen LogP contribution is -2.35. The minimum Gasteiger partial charge on any atom is -0.454 e. The first kappa shape index (κ1) is 23.1. The third-order valence-electron chi connectivity index (χ3n) is 7.02. The number of esters is 1. The summed E-state index contributed by atoms with van der Waals surface area (Å²) in [7, 11) is -3.54. The number of hydrogen-bond donors (Lipinski definition) is 0. The zero-order chi connectivity index (χ0) is 24.0. The number of sulfonamides is 1. The smallest absolute Gasteiger partial charge is 0.340 e. The van der Waals surface area contributed by atoms with E-state index in [2.05, 4.69) is 9.55 Å². The van der Waals surface area contributed by atoms with Crippen molar-refractivity contribution in [3.8, 4) is 0 Å². The number of fused-ring (bicyclic) bond motifs is 1. The van der Waals surface area contributed by atoms with Crippen molar-refractivity contribution in [3.63, 3.8) is 0 Å². The van der Waals surface area contributed by atoms with Crippen molar-refractivity contribution in [1.82, 2.24) is 18.4 Å². The second kappa shape index (κ2) is 8.85. The van der Waals surface area contributed by atoms with E-state index in [0.29, 0.717) is 42.6 Å². The predicted molar refractivity (Wildman–Crippen MR) is 129 cm³/mol. The standard InChI is InChI=1S/C25H32N4O4S/c1-4-28-23-11-10-20(34(31,32)27-12-6-5-7-13-27)15-22(23)26-24(28)16-33-25(30)21-14-17(2)29(18(21)3)19-8-9-19/h10-11,14-15,19H,4-9,12-13,16H2,1-3H3. The zero-order valence-electron chi connectivity index (χ0n) is 20.1. The van der Waals surface area contributed by atoms with E-state index in [1.54, 1.807) is 22.5 Å². The maximum atomic E-state index is 13.1. The van der Waals surface area contributed by atoms with E-state index in [-0.39, 0.29) is 17.5 Å². The summed E-state index contributed by atoms with van der Waals surface area (Å²) in [6.45, 7) is 7.77.